The molecule has 0 unspecified atom stereocenters. The smallest absolute Gasteiger partial charge is 0.310 e. The van der Waals surface area contributed by atoms with Crippen LogP contribution in [0.4, 0.5) is 0 Å². The van der Waals surface area contributed by atoms with Gasteiger partial charge in [-0.15, -0.1) is 0 Å². The number of hydrogen-bond donors (Lipinski definition) is 1. The lowest BCUT2D eigenvalue weighted by molar-refractivity contribution is -0.143. The summed E-state index contributed by atoms with van der Waals surface area (Å²) in [4.78, 5) is 32.7. The van der Waals surface area contributed by atoms with Gasteiger partial charge in [0.15, 0.2) is 0 Å². The van der Waals surface area contributed by atoms with Crippen LogP contribution in [0.25, 0.3) is 0 Å². The number of carbonyl (C=O) groups is 3. The molecule has 14 heavy (non-hydrogen) atoms. The Bertz CT molecular complexity index is 306. The van der Waals surface area contributed by atoms with Gasteiger partial charge in [0, 0.05) is 11.6 Å². The molecule has 0 saturated heterocycles. The molecule has 0 bridgehead atoms. The average molecular weight is 197 g/mol. The number of carbonyl (C=O) groups excluding carboxylic acids is 3. The van der Waals surface area contributed by atoms with Gasteiger partial charge in [-0.2, -0.15) is 0 Å². The van der Waals surface area contributed by atoms with E-state index >= 15 is 0 Å². The molecule has 0 aromatic heterocycles. The number of esters is 1. The second-order valence-electron chi connectivity index (χ2n) is 2.89. The molecule has 0 aliphatic carbocycles. The van der Waals surface area contributed by atoms with Crippen LogP contribution in [-0.2, 0) is 19.1 Å². The molecule has 0 radical (unpaired) electrons. The third kappa shape index (κ3) is 2.69. The summed E-state index contributed by atoms with van der Waals surface area (Å²) in [6, 6.07) is 0. The summed E-state index contributed by atoms with van der Waals surface area (Å²) in [6.07, 6.45) is 1.71. The maximum atomic E-state index is 11.1. The minimum atomic E-state index is -0.511. The van der Waals surface area contributed by atoms with Crippen LogP contribution in [0.2, 0.25) is 0 Å². The molecule has 5 nitrogen and oxygen atoms in total. The molecule has 76 valence electrons. The second kappa shape index (κ2) is 4.55. The van der Waals surface area contributed by atoms with Crippen molar-refractivity contribution in [1.82, 2.24) is 5.32 Å². The fraction of sp³-hybridized carbons (Fsp3) is 0.444. The number of nitrogens with one attached hydrogen (secondary N) is 1. The van der Waals surface area contributed by atoms with Crippen molar-refractivity contribution in [3.63, 3.8) is 0 Å². The molecular weight excluding hydrogens is 186 g/mol. The molecule has 1 rings (SSSR count). The van der Waals surface area contributed by atoms with Crippen LogP contribution in [-0.4, -0.2) is 24.4 Å². The highest BCUT2D eigenvalue weighted by atomic mass is 16.5. The van der Waals surface area contributed by atoms with Crippen LogP contribution in [0.1, 0.15) is 19.8 Å². The largest absolute Gasteiger partial charge is 0.465 e. The summed E-state index contributed by atoms with van der Waals surface area (Å²) in [5.41, 5.74) is 0.163. The average Bonchev–Trinajstić information content (AvgIpc) is 2.42. The highest BCUT2D eigenvalue weighted by Gasteiger charge is 2.23. The van der Waals surface area contributed by atoms with Crippen LogP contribution in [0, 0.1) is 0 Å². The predicted molar refractivity (Wildman–Crippen MR) is 47.1 cm³/mol. The van der Waals surface area contributed by atoms with Gasteiger partial charge in [-0.1, -0.05) is 6.92 Å². The molecule has 1 aliphatic heterocycles. The molecule has 2 amide bonds. The first-order valence-electron chi connectivity index (χ1n) is 4.35. The SMILES string of the molecule is CCCOC(=O)CC1=CC(=O)NC1=O. The lowest BCUT2D eigenvalue weighted by Crippen LogP contribution is -2.23. The minimum Gasteiger partial charge on any atom is -0.465 e. The van der Waals surface area contributed by atoms with Gasteiger partial charge < -0.3 is 4.74 Å². The quantitative estimate of drug-likeness (QED) is 0.505. The van der Waals surface area contributed by atoms with E-state index in [9.17, 15) is 14.4 Å². The summed E-state index contributed by atoms with van der Waals surface area (Å²) in [5.74, 6) is -1.47. The molecule has 1 aliphatic rings. The first-order chi connectivity index (χ1) is 6.63. The normalized spacial score (nSPS) is 15.1. The fourth-order valence-corrected chi connectivity index (χ4v) is 1.01. The van der Waals surface area contributed by atoms with E-state index in [2.05, 4.69) is 5.32 Å². The van der Waals surface area contributed by atoms with Gasteiger partial charge in [0.2, 0.25) is 0 Å². The van der Waals surface area contributed by atoms with Crippen molar-refractivity contribution in [3.05, 3.63) is 11.6 Å². The Hall–Kier alpha value is -1.65. The summed E-state index contributed by atoms with van der Waals surface area (Å²) >= 11 is 0. The highest BCUT2D eigenvalue weighted by molar-refractivity contribution is 6.17. The molecule has 0 aromatic carbocycles. The van der Waals surface area contributed by atoms with Gasteiger partial charge in [0.1, 0.15) is 0 Å². The van der Waals surface area contributed by atoms with E-state index in [1.807, 2.05) is 6.92 Å². The van der Waals surface area contributed by atoms with Gasteiger partial charge in [0.25, 0.3) is 11.8 Å². The highest BCUT2D eigenvalue weighted by Crippen LogP contribution is 2.08. The van der Waals surface area contributed by atoms with Gasteiger partial charge in [-0.3, -0.25) is 19.7 Å². The van der Waals surface area contributed by atoms with E-state index in [0.29, 0.717) is 6.61 Å². The fourth-order valence-electron chi connectivity index (χ4n) is 1.01. The lowest BCUT2D eigenvalue weighted by atomic mass is 10.2. The second-order valence-corrected chi connectivity index (χ2v) is 2.89. The van der Waals surface area contributed by atoms with E-state index in [1.165, 1.54) is 0 Å². The van der Waals surface area contributed by atoms with E-state index < -0.39 is 17.8 Å². The first-order valence-corrected chi connectivity index (χ1v) is 4.35. The topological polar surface area (TPSA) is 72.5 Å². The molecule has 1 N–H and O–H groups in total. The molecule has 5 heteroatoms. The van der Waals surface area contributed by atoms with E-state index in [1.54, 1.807) is 0 Å². The number of amides is 2. The maximum absolute atomic E-state index is 11.1. The molecule has 0 spiro atoms. The Morgan fingerprint density at radius 2 is 2.21 bits per heavy atom. The van der Waals surface area contributed by atoms with Crippen molar-refractivity contribution in [2.45, 2.75) is 19.8 Å². The third-order valence-corrected chi connectivity index (χ3v) is 1.64. The molecule has 1 heterocycles. The zero-order valence-electron chi connectivity index (χ0n) is 7.83. The van der Waals surface area contributed by atoms with Crippen LogP contribution in [0.3, 0.4) is 0 Å². The maximum Gasteiger partial charge on any atom is 0.310 e. The number of hydrogen-bond acceptors (Lipinski definition) is 4. The number of ether oxygens (including phenoxy) is 1. The van der Waals surface area contributed by atoms with Crippen LogP contribution < -0.4 is 5.32 Å². The van der Waals surface area contributed by atoms with Crippen molar-refractivity contribution in [2.24, 2.45) is 0 Å². The van der Waals surface area contributed by atoms with E-state index in [0.717, 1.165) is 12.5 Å². The van der Waals surface area contributed by atoms with E-state index in [-0.39, 0.29) is 12.0 Å². The number of rotatable bonds is 4. The summed E-state index contributed by atoms with van der Waals surface area (Å²) < 4.78 is 4.77. The zero-order valence-corrected chi connectivity index (χ0v) is 7.83. The molecule has 0 saturated carbocycles. The van der Waals surface area contributed by atoms with Gasteiger partial charge >= 0.3 is 5.97 Å². The molecule has 0 atom stereocenters. The Morgan fingerprint density at radius 3 is 2.71 bits per heavy atom. The van der Waals surface area contributed by atoms with Crippen LogP contribution in [0.15, 0.2) is 11.6 Å². The Kier molecular flexibility index (Phi) is 3.39. The van der Waals surface area contributed by atoms with Crippen LogP contribution in [0.5, 0.6) is 0 Å². The number of imide groups is 1. The van der Waals surface area contributed by atoms with Gasteiger partial charge in [-0.25, -0.2) is 0 Å². The van der Waals surface area contributed by atoms with Crippen molar-refractivity contribution >= 4 is 17.8 Å². The monoisotopic (exact) mass is 197 g/mol. The van der Waals surface area contributed by atoms with Crippen molar-refractivity contribution in [3.8, 4) is 0 Å². The molecule has 0 aromatic rings. The summed E-state index contributed by atoms with van der Waals surface area (Å²) in [7, 11) is 0. The Morgan fingerprint density at radius 1 is 1.50 bits per heavy atom. The first kappa shape index (κ1) is 10.4. The van der Waals surface area contributed by atoms with Crippen LogP contribution >= 0.6 is 0 Å². The van der Waals surface area contributed by atoms with Gasteiger partial charge in [0.05, 0.1) is 13.0 Å². The lowest BCUT2D eigenvalue weighted by Gasteiger charge is -2.01. The molecular formula is C9H11NO4. The summed E-state index contributed by atoms with van der Waals surface area (Å²) in [5, 5.41) is 2.05. The third-order valence-electron chi connectivity index (χ3n) is 1.64. The Balaban J connectivity index is 2.44. The minimum absolute atomic E-state index is 0.141. The standard InChI is InChI=1S/C9H11NO4/c1-2-3-14-8(12)5-6-4-7(11)10-9(6)13/h4H,2-3,5H2,1H3,(H,10,11,13). The van der Waals surface area contributed by atoms with Crippen molar-refractivity contribution in [1.29, 1.82) is 0 Å². The van der Waals surface area contributed by atoms with Crippen molar-refractivity contribution < 1.29 is 19.1 Å². The zero-order chi connectivity index (χ0) is 10.6. The molecule has 0 fully saturated rings. The predicted octanol–water partition coefficient (Wildman–Crippen LogP) is -0.0875. The Labute approximate surface area is 81.1 Å². The van der Waals surface area contributed by atoms with E-state index in [4.69, 9.17) is 4.74 Å². The van der Waals surface area contributed by atoms with Gasteiger partial charge in [-0.05, 0) is 6.42 Å². The summed E-state index contributed by atoms with van der Waals surface area (Å²) in [6.45, 7) is 2.21. The van der Waals surface area contributed by atoms with Crippen molar-refractivity contribution in [2.75, 3.05) is 6.61 Å².